The molecule has 5 aromatic carbocycles. The van der Waals surface area contributed by atoms with Gasteiger partial charge in [-0.2, -0.15) is 13.2 Å². The summed E-state index contributed by atoms with van der Waals surface area (Å²) in [5.74, 6) is -2.84. The van der Waals surface area contributed by atoms with Crippen LogP contribution in [0.3, 0.4) is 0 Å². The lowest BCUT2D eigenvalue weighted by atomic mass is 10.0. The molecule has 0 aliphatic rings. The maximum Gasteiger partial charge on any atom is 0.416 e. The Kier molecular flexibility index (Phi) is 10.3. The second kappa shape index (κ2) is 14.7. The molecule has 5 rings (SSSR count). The maximum absolute atomic E-state index is 13.5. The number of carbonyl (C=O) groups excluding carboxylic acids is 3. The number of hydrogen-bond donors (Lipinski definition) is 2. The van der Waals surface area contributed by atoms with Gasteiger partial charge in [0, 0.05) is 17.8 Å². The molecule has 0 bridgehead atoms. The molecule has 250 valence electrons. The van der Waals surface area contributed by atoms with Gasteiger partial charge in [0.1, 0.15) is 18.0 Å². The van der Waals surface area contributed by atoms with E-state index in [4.69, 9.17) is 9.47 Å². The first-order valence-corrected chi connectivity index (χ1v) is 14.9. The van der Waals surface area contributed by atoms with Gasteiger partial charge < -0.3 is 24.8 Å². The van der Waals surface area contributed by atoms with Crippen LogP contribution in [0.4, 0.5) is 18.9 Å². The number of rotatable bonds is 11. The van der Waals surface area contributed by atoms with Crippen molar-refractivity contribution in [1.82, 2.24) is 4.90 Å². The van der Waals surface area contributed by atoms with Crippen molar-refractivity contribution in [3.63, 3.8) is 0 Å². The zero-order chi connectivity index (χ0) is 35.1. The molecule has 0 radical (unpaired) electrons. The molecule has 0 atom stereocenters. The van der Waals surface area contributed by atoms with Gasteiger partial charge in [-0.05, 0) is 76.5 Å². The first-order valence-electron chi connectivity index (χ1n) is 14.9. The molecule has 0 unspecified atom stereocenters. The van der Waals surface area contributed by atoms with Crippen molar-refractivity contribution < 1.29 is 46.9 Å². The number of amides is 2. The average molecular weight is 671 g/mol. The minimum absolute atomic E-state index is 0.00366. The lowest BCUT2D eigenvalue weighted by Crippen LogP contribution is -2.35. The Hall–Kier alpha value is -6.17. The maximum atomic E-state index is 13.5. The highest BCUT2D eigenvalue weighted by Gasteiger charge is 2.34. The number of hydrogen-bond acceptors (Lipinski definition) is 6. The summed E-state index contributed by atoms with van der Waals surface area (Å²) in [7, 11) is 1.24. The van der Waals surface area contributed by atoms with E-state index >= 15 is 0 Å². The van der Waals surface area contributed by atoms with Crippen molar-refractivity contribution >= 4 is 40.2 Å². The van der Waals surface area contributed by atoms with Crippen LogP contribution < -0.4 is 14.8 Å². The van der Waals surface area contributed by atoms with Crippen molar-refractivity contribution in [2.45, 2.75) is 19.1 Å². The molecule has 0 spiro atoms. The molecule has 0 saturated carbocycles. The summed E-state index contributed by atoms with van der Waals surface area (Å²) < 4.78 is 51.0. The first-order chi connectivity index (χ1) is 23.4. The van der Waals surface area contributed by atoms with Gasteiger partial charge in [-0.25, -0.2) is 4.79 Å². The summed E-state index contributed by atoms with van der Waals surface area (Å²) in [5, 5.41) is 13.6. The predicted octanol–water partition coefficient (Wildman–Crippen LogP) is 6.99. The van der Waals surface area contributed by atoms with Crippen molar-refractivity contribution in [2.75, 3.05) is 19.0 Å². The minimum Gasteiger partial charge on any atom is -0.497 e. The van der Waals surface area contributed by atoms with E-state index in [0.29, 0.717) is 11.1 Å². The Morgan fingerprint density at radius 3 is 2.16 bits per heavy atom. The number of nitrogens with zero attached hydrogens (tertiary/aromatic N) is 1. The van der Waals surface area contributed by atoms with Gasteiger partial charge in [0.05, 0.1) is 24.7 Å². The summed E-state index contributed by atoms with van der Waals surface area (Å²) in [6, 6.07) is 27.9. The minimum atomic E-state index is -4.69. The second-order valence-corrected chi connectivity index (χ2v) is 10.9. The topological polar surface area (TPSA) is 122 Å². The van der Waals surface area contributed by atoms with Crippen molar-refractivity contribution in [2.24, 2.45) is 0 Å². The number of carbonyl (C=O) groups is 4. The molecule has 9 nitrogen and oxygen atoms in total. The molecule has 12 heteroatoms. The van der Waals surface area contributed by atoms with Crippen molar-refractivity contribution in [3.8, 4) is 11.5 Å². The van der Waals surface area contributed by atoms with Crippen molar-refractivity contribution in [3.05, 3.63) is 137 Å². The number of benzene rings is 5. The standard InChI is InChI=1S/C37H29F3N2O7/c1-48-29-18-13-26(32(20-29)37(38,39)40)19-33(43)41-27-14-11-25(12-15-27)35(46)42(22-34(44)45)21-23-9-16-28(17-10-23)49-36(47)31-8-4-6-24-5-2-3-7-30(24)31/h2-18,20H,19,21-22H2,1H3,(H,41,43)(H,44,45). The van der Waals surface area contributed by atoms with Gasteiger partial charge in [0.25, 0.3) is 5.91 Å². The van der Waals surface area contributed by atoms with Crippen LogP contribution in [-0.4, -0.2) is 47.4 Å². The zero-order valence-electron chi connectivity index (χ0n) is 26.0. The van der Waals surface area contributed by atoms with Gasteiger partial charge >= 0.3 is 18.1 Å². The van der Waals surface area contributed by atoms with E-state index in [-0.39, 0.29) is 34.9 Å². The summed E-state index contributed by atoms with van der Waals surface area (Å²) in [4.78, 5) is 51.5. The summed E-state index contributed by atoms with van der Waals surface area (Å²) in [5.41, 5.74) is 0.0893. The van der Waals surface area contributed by atoms with E-state index in [0.717, 1.165) is 21.7 Å². The van der Waals surface area contributed by atoms with Gasteiger partial charge in [-0.3, -0.25) is 14.4 Å². The number of carboxylic acid groups (broad SMARTS) is 1. The first kappa shape index (κ1) is 34.2. The van der Waals surface area contributed by atoms with E-state index in [9.17, 15) is 37.5 Å². The fourth-order valence-electron chi connectivity index (χ4n) is 5.17. The van der Waals surface area contributed by atoms with Crippen LogP contribution in [0.1, 0.15) is 37.4 Å². The molecule has 0 heterocycles. The highest BCUT2D eigenvalue weighted by atomic mass is 19.4. The van der Waals surface area contributed by atoms with E-state index in [1.807, 2.05) is 30.3 Å². The van der Waals surface area contributed by atoms with Gasteiger partial charge in [0.15, 0.2) is 0 Å². The smallest absolute Gasteiger partial charge is 0.416 e. The lowest BCUT2D eigenvalue weighted by molar-refractivity contribution is -0.139. The molecule has 0 aliphatic heterocycles. The van der Waals surface area contributed by atoms with Crippen molar-refractivity contribution in [1.29, 1.82) is 0 Å². The zero-order valence-corrected chi connectivity index (χ0v) is 26.0. The van der Waals surface area contributed by atoms with Crippen LogP contribution in [0.5, 0.6) is 11.5 Å². The number of fused-ring (bicyclic) bond motifs is 1. The molecule has 5 aromatic rings. The van der Waals surface area contributed by atoms with E-state index in [1.54, 1.807) is 36.4 Å². The summed E-state index contributed by atoms with van der Waals surface area (Å²) >= 11 is 0. The fourth-order valence-corrected chi connectivity index (χ4v) is 5.17. The quantitative estimate of drug-likeness (QED) is 0.115. The van der Waals surface area contributed by atoms with Crippen LogP contribution >= 0.6 is 0 Å². The SMILES string of the molecule is COc1ccc(CC(=O)Nc2ccc(C(=O)N(CC(=O)O)Cc3ccc(OC(=O)c4cccc5ccccc45)cc3)cc2)c(C(F)(F)F)c1. The highest BCUT2D eigenvalue weighted by molar-refractivity contribution is 6.05. The normalized spacial score (nSPS) is 11.1. The molecular formula is C37H29F3N2O7. The Bertz CT molecular complexity index is 2010. The number of methoxy groups -OCH3 is 1. The second-order valence-electron chi connectivity index (χ2n) is 10.9. The van der Waals surface area contributed by atoms with Crippen LogP contribution in [0.25, 0.3) is 10.8 Å². The number of nitrogens with one attached hydrogen (secondary N) is 1. The van der Waals surface area contributed by atoms with Gasteiger partial charge in [0.2, 0.25) is 5.91 Å². The Morgan fingerprint density at radius 1 is 0.816 bits per heavy atom. The van der Waals surface area contributed by atoms with E-state index < -0.39 is 48.5 Å². The number of esters is 1. The molecule has 0 aromatic heterocycles. The number of halogens is 3. The predicted molar refractivity (Wildman–Crippen MR) is 174 cm³/mol. The monoisotopic (exact) mass is 670 g/mol. The third kappa shape index (κ3) is 8.60. The fraction of sp³-hybridized carbons (Fsp3) is 0.135. The van der Waals surface area contributed by atoms with Gasteiger partial charge in [-0.15, -0.1) is 0 Å². The van der Waals surface area contributed by atoms with Crippen LogP contribution in [0.15, 0.2) is 109 Å². The summed E-state index contributed by atoms with van der Waals surface area (Å²) in [6.45, 7) is -0.691. The van der Waals surface area contributed by atoms with Crippen LogP contribution in [0.2, 0.25) is 0 Å². The number of anilines is 1. The van der Waals surface area contributed by atoms with E-state index in [1.165, 1.54) is 43.5 Å². The van der Waals surface area contributed by atoms with E-state index in [2.05, 4.69) is 5.32 Å². The molecule has 0 aliphatic carbocycles. The number of aliphatic carboxylic acids is 1. The Balaban J connectivity index is 1.22. The number of carboxylic acids is 1. The molecule has 49 heavy (non-hydrogen) atoms. The third-order valence-electron chi connectivity index (χ3n) is 7.52. The molecule has 0 saturated heterocycles. The summed E-state index contributed by atoms with van der Waals surface area (Å²) in [6.07, 6.45) is -5.26. The lowest BCUT2D eigenvalue weighted by Gasteiger charge is -2.21. The average Bonchev–Trinajstić information content (AvgIpc) is 3.08. The van der Waals surface area contributed by atoms with Crippen LogP contribution in [0, 0.1) is 0 Å². The highest BCUT2D eigenvalue weighted by Crippen LogP contribution is 2.35. The largest absolute Gasteiger partial charge is 0.497 e. The molecular weight excluding hydrogens is 641 g/mol. The molecule has 2 amide bonds. The number of ether oxygens (including phenoxy) is 2. The third-order valence-corrected chi connectivity index (χ3v) is 7.52. The molecule has 2 N–H and O–H groups in total. The van der Waals surface area contributed by atoms with Gasteiger partial charge in [-0.1, -0.05) is 54.6 Å². The molecule has 0 fully saturated rings. The number of alkyl halides is 3. The van der Waals surface area contributed by atoms with Crippen LogP contribution in [-0.2, 0) is 28.7 Å². The Labute approximate surface area is 278 Å². The Morgan fingerprint density at radius 2 is 1.49 bits per heavy atom.